The van der Waals surface area contributed by atoms with Crippen molar-refractivity contribution in [1.29, 1.82) is 0 Å². The minimum atomic E-state index is -4.56. The number of hydrogen-bond acceptors (Lipinski definition) is 1. The van der Waals surface area contributed by atoms with Gasteiger partial charge in [-0.25, -0.2) is 0 Å². The number of carboxylic acid groups (broad SMARTS) is 1. The molecule has 0 fully saturated rings. The van der Waals surface area contributed by atoms with E-state index in [0.29, 0.717) is 0 Å². The summed E-state index contributed by atoms with van der Waals surface area (Å²) < 4.78 is 37.0. The van der Waals surface area contributed by atoms with Crippen molar-refractivity contribution in [2.24, 2.45) is 0 Å². The minimum Gasteiger partial charge on any atom is -0.481 e. The lowest BCUT2D eigenvalue weighted by Crippen LogP contribution is -2.20. The van der Waals surface area contributed by atoms with Crippen molar-refractivity contribution in [3.05, 3.63) is 29.3 Å². The van der Waals surface area contributed by atoms with Crippen LogP contribution in [-0.2, 0) is 17.4 Å². The minimum absolute atomic E-state index is 0.0732. The zero-order chi connectivity index (χ0) is 11.6. The summed E-state index contributed by atoms with van der Waals surface area (Å²) in [6.07, 6.45) is -5.01. The number of benzene rings is 1. The normalized spacial score (nSPS) is 11.4. The van der Waals surface area contributed by atoms with E-state index in [0.717, 1.165) is 12.1 Å². The van der Waals surface area contributed by atoms with Gasteiger partial charge in [0.25, 0.3) is 0 Å². The Kier molecular flexibility index (Phi) is 3.07. The second kappa shape index (κ2) is 3.96. The molecule has 1 rings (SSSR count). The van der Waals surface area contributed by atoms with E-state index in [2.05, 4.69) is 0 Å². The Morgan fingerprint density at radius 1 is 1.40 bits per heavy atom. The molecule has 0 aliphatic heterocycles. The summed E-state index contributed by atoms with van der Waals surface area (Å²) >= 11 is 0. The molecular formula is C9H6BF3O2. The molecule has 1 N–H and O–H groups in total. The van der Waals surface area contributed by atoms with Crippen molar-refractivity contribution in [1.82, 2.24) is 0 Å². The second-order valence-electron chi connectivity index (χ2n) is 2.99. The fourth-order valence-electron chi connectivity index (χ4n) is 1.13. The van der Waals surface area contributed by atoms with Gasteiger partial charge >= 0.3 is 12.1 Å². The van der Waals surface area contributed by atoms with E-state index < -0.39 is 29.6 Å². The molecule has 0 aromatic heterocycles. The molecule has 2 radical (unpaired) electrons. The van der Waals surface area contributed by atoms with Crippen LogP contribution in [0.1, 0.15) is 11.1 Å². The van der Waals surface area contributed by atoms with Crippen molar-refractivity contribution < 1.29 is 23.1 Å². The molecule has 0 aliphatic carbocycles. The second-order valence-corrected chi connectivity index (χ2v) is 2.99. The summed E-state index contributed by atoms with van der Waals surface area (Å²) in [5.74, 6) is -1.19. The van der Waals surface area contributed by atoms with E-state index in [1.807, 2.05) is 0 Å². The summed E-state index contributed by atoms with van der Waals surface area (Å²) in [5, 5.41) is 8.42. The molecule has 1 aromatic carbocycles. The number of aliphatic carboxylic acids is 1. The molecule has 78 valence electrons. The molecule has 2 nitrogen and oxygen atoms in total. The molecule has 0 saturated heterocycles. The topological polar surface area (TPSA) is 37.3 Å². The molecule has 1 aromatic rings. The van der Waals surface area contributed by atoms with Gasteiger partial charge in [-0.1, -0.05) is 17.6 Å². The monoisotopic (exact) mass is 214 g/mol. The summed E-state index contributed by atoms with van der Waals surface area (Å²) in [6, 6.07) is 3.07. The quantitative estimate of drug-likeness (QED) is 0.749. The lowest BCUT2D eigenvalue weighted by atomic mass is 9.88. The maximum Gasteiger partial charge on any atom is 0.415 e. The highest BCUT2D eigenvalue weighted by molar-refractivity contribution is 6.33. The van der Waals surface area contributed by atoms with Crippen molar-refractivity contribution in [2.45, 2.75) is 12.6 Å². The molecule has 15 heavy (non-hydrogen) atoms. The highest BCUT2D eigenvalue weighted by atomic mass is 19.4. The zero-order valence-corrected chi connectivity index (χ0v) is 7.51. The third-order valence-electron chi connectivity index (χ3n) is 1.78. The number of rotatable bonds is 2. The Morgan fingerprint density at radius 2 is 2.00 bits per heavy atom. The van der Waals surface area contributed by atoms with E-state index in [-0.39, 0.29) is 5.56 Å². The van der Waals surface area contributed by atoms with Crippen LogP contribution < -0.4 is 5.46 Å². The van der Waals surface area contributed by atoms with Crippen LogP contribution in [0, 0.1) is 0 Å². The van der Waals surface area contributed by atoms with E-state index in [9.17, 15) is 18.0 Å². The number of alkyl halides is 3. The van der Waals surface area contributed by atoms with Gasteiger partial charge in [-0.3, -0.25) is 4.79 Å². The lowest BCUT2D eigenvalue weighted by molar-refractivity contribution is -0.138. The van der Waals surface area contributed by atoms with Crippen molar-refractivity contribution >= 4 is 19.3 Å². The highest BCUT2D eigenvalue weighted by Crippen LogP contribution is 2.28. The lowest BCUT2D eigenvalue weighted by Gasteiger charge is -2.11. The first-order valence-corrected chi connectivity index (χ1v) is 3.98. The van der Waals surface area contributed by atoms with Gasteiger partial charge in [0, 0.05) is 5.56 Å². The molecule has 0 atom stereocenters. The average Bonchev–Trinajstić information content (AvgIpc) is 2.05. The summed E-state index contributed by atoms with van der Waals surface area (Å²) in [4.78, 5) is 10.3. The van der Waals surface area contributed by atoms with E-state index in [4.69, 9.17) is 13.0 Å². The van der Waals surface area contributed by atoms with Gasteiger partial charge in [0.05, 0.1) is 6.42 Å². The standard InChI is InChI=1S/C9H6BF3O2/c10-7-2-1-5(4-8(14)15)3-6(7)9(11,12)13/h1-3H,4H2,(H,14,15). The van der Waals surface area contributed by atoms with E-state index in [1.165, 1.54) is 6.07 Å². The summed E-state index contributed by atoms with van der Waals surface area (Å²) in [7, 11) is 5.14. The van der Waals surface area contributed by atoms with Crippen LogP contribution in [0.25, 0.3) is 0 Å². The third-order valence-corrected chi connectivity index (χ3v) is 1.78. The maximum absolute atomic E-state index is 12.3. The van der Waals surface area contributed by atoms with Crippen molar-refractivity contribution in [3.63, 3.8) is 0 Å². The molecular weight excluding hydrogens is 208 g/mol. The fraction of sp³-hybridized carbons (Fsp3) is 0.222. The molecule has 0 saturated carbocycles. The number of carbonyl (C=O) groups is 1. The van der Waals surface area contributed by atoms with Crippen LogP contribution in [-0.4, -0.2) is 18.9 Å². The Balaban J connectivity index is 3.11. The van der Waals surface area contributed by atoms with Crippen molar-refractivity contribution in [2.75, 3.05) is 0 Å². The molecule has 6 heteroatoms. The average molecular weight is 214 g/mol. The fourth-order valence-corrected chi connectivity index (χ4v) is 1.13. The Hall–Kier alpha value is -1.46. The van der Waals surface area contributed by atoms with Gasteiger partial charge in [0.2, 0.25) is 0 Å². The number of hydrogen-bond donors (Lipinski definition) is 1. The van der Waals surface area contributed by atoms with Crippen LogP contribution >= 0.6 is 0 Å². The Labute approximate surface area is 85.1 Å². The first-order valence-electron chi connectivity index (χ1n) is 3.98. The van der Waals surface area contributed by atoms with Gasteiger partial charge in [-0.2, -0.15) is 13.2 Å². The smallest absolute Gasteiger partial charge is 0.415 e. The van der Waals surface area contributed by atoms with Gasteiger partial charge < -0.3 is 5.11 Å². The Bertz CT molecular complexity index is 387. The molecule has 0 amide bonds. The molecule has 0 heterocycles. The molecule has 0 spiro atoms. The predicted octanol–water partition coefficient (Wildman–Crippen LogP) is 1.13. The van der Waals surface area contributed by atoms with Crippen LogP contribution in [0.4, 0.5) is 13.2 Å². The van der Waals surface area contributed by atoms with E-state index in [1.54, 1.807) is 0 Å². The van der Waals surface area contributed by atoms with Gasteiger partial charge in [-0.05, 0) is 11.6 Å². The summed E-state index contributed by atoms with van der Waals surface area (Å²) in [5.41, 5.74) is -1.33. The van der Waals surface area contributed by atoms with Crippen LogP contribution in [0.3, 0.4) is 0 Å². The first-order chi connectivity index (χ1) is 6.80. The van der Waals surface area contributed by atoms with Gasteiger partial charge in [0.15, 0.2) is 0 Å². The van der Waals surface area contributed by atoms with Gasteiger partial charge in [-0.15, -0.1) is 0 Å². The zero-order valence-electron chi connectivity index (χ0n) is 7.51. The Morgan fingerprint density at radius 3 is 2.47 bits per heavy atom. The predicted molar refractivity (Wildman–Crippen MR) is 48.2 cm³/mol. The van der Waals surface area contributed by atoms with Crippen LogP contribution in [0.2, 0.25) is 0 Å². The van der Waals surface area contributed by atoms with Crippen molar-refractivity contribution in [3.8, 4) is 0 Å². The van der Waals surface area contributed by atoms with Crippen LogP contribution in [0.15, 0.2) is 18.2 Å². The molecule has 0 aliphatic rings. The highest BCUT2D eigenvalue weighted by Gasteiger charge is 2.32. The van der Waals surface area contributed by atoms with Crippen LogP contribution in [0.5, 0.6) is 0 Å². The number of carboxylic acids is 1. The first kappa shape index (κ1) is 11.6. The third kappa shape index (κ3) is 3.01. The van der Waals surface area contributed by atoms with E-state index >= 15 is 0 Å². The maximum atomic E-state index is 12.3. The largest absolute Gasteiger partial charge is 0.481 e. The SMILES string of the molecule is [B]c1ccc(CC(=O)O)cc1C(F)(F)F. The number of halogens is 3. The molecule has 0 bridgehead atoms. The molecule has 0 unspecified atom stereocenters. The van der Waals surface area contributed by atoms with Gasteiger partial charge in [0.1, 0.15) is 7.85 Å². The summed E-state index contributed by atoms with van der Waals surface area (Å²) in [6.45, 7) is 0.